The van der Waals surface area contributed by atoms with Gasteiger partial charge in [-0.1, -0.05) is 23.7 Å². The number of fused-ring (bicyclic) bond motifs is 2. The Hall–Kier alpha value is -2.60. The average Bonchev–Trinajstić information content (AvgIpc) is 3.17. The molecule has 3 aromatic rings. The molecular weight excluding hydrogens is 376 g/mol. The molecule has 28 heavy (non-hydrogen) atoms. The lowest BCUT2D eigenvalue weighted by Crippen LogP contribution is -2.28. The average molecular weight is 399 g/mol. The van der Waals surface area contributed by atoms with E-state index in [9.17, 15) is 9.59 Å². The molecule has 0 saturated heterocycles. The van der Waals surface area contributed by atoms with Crippen LogP contribution in [-0.2, 0) is 24.7 Å². The lowest BCUT2D eigenvalue weighted by atomic mass is 10.0. The summed E-state index contributed by atoms with van der Waals surface area (Å²) in [6.07, 6.45) is 2.38. The zero-order valence-electron chi connectivity index (χ0n) is 16.2. The smallest absolute Gasteiger partial charge is 0.253 e. The molecule has 146 valence electrons. The van der Waals surface area contributed by atoms with Crippen LogP contribution >= 0.6 is 11.6 Å². The van der Waals surface area contributed by atoms with Crippen LogP contribution in [0.2, 0.25) is 5.02 Å². The van der Waals surface area contributed by atoms with E-state index in [0.717, 1.165) is 45.6 Å². The van der Waals surface area contributed by atoms with Crippen LogP contribution in [0.1, 0.15) is 46.8 Å². The molecule has 1 amide bonds. The third-order valence-corrected chi connectivity index (χ3v) is 6.06. The van der Waals surface area contributed by atoms with Gasteiger partial charge < -0.3 is 10.3 Å². The maximum absolute atomic E-state index is 12.6. The number of hydrogen-bond acceptors (Lipinski definition) is 3. The third kappa shape index (κ3) is 3.11. The summed E-state index contributed by atoms with van der Waals surface area (Å²) < 4.78 is 1.68. The summed E-state index contributed by atoms with van der Waals surface area (Å²) in [5, 5.41) is 9.20. The SMILES string of the molecule is Cc1nn(C)c2[nH]c(=O)c(CCC(=O)N[C@H]3CCc4c(Cl)cccc43)c(C)c12. The first-order valence-electron chi connectivity index (χ1n) is 9.48. The van der Waals surface area contributed by atoms with Crippen molar-refractivity contribution in [3.05, 3.63) is 61.5 Å². The van der Waals surface area contributed by atoms with E-state index >= 15 is 0 Å². The van der Waals surface area contributed by atoms with E-state index in [1.165, 1.54) is 0 Å². The molecule has 0 unspecified atom stereocenters. The van der Waals surface area contributed by atoms with Gasteiger partial charge >= 0.3 is 0 Å². The first-order chi connectivity index (χ1) is 13.4. The zero-order valence-corrected chi connectivity index (χ0v) is 17.0. The van der Waals surface area contributed by atoms with Gasteiger partial charge in [0.05, 0.1) is 11.7 Å². The van der Waals surface area contributed by atoms with Crippen LogP contribution < -0.4 is 10.9 Å². The van der Waals surface area contributed by atoms with Crippen molar-refractivity contribution < 1.29 is 4.79 Å². The molecule has 1 aromatic carbocycles. The van der Waals surface area contributed by atoms with E-state index in [4.69, 9.17) is 11.6 Å². The lowest BCUT2D eigenvalue weighted by molar-refractivity contribution is -0.121. The second-order valence-corrected chi connectivity index (χ2v) is 7.86. The third-order valence-electron chi connectivity index (χ3n) is 5.71. The van der Waals surface area contributed by atoms with Crippen LogP contribution in [-0.4, -0.2) is 20.7 Å². The van der Waals surface area contributed by atoms with Crippen molar-refractivity contribution in [2.45, 2.75) is 45.6 Å². The molecule has 2 aromatic heterocycles. The predicted octanol–water partition coefficient (Wildman–Crippen LogP) is 3.27. The second kappa shape index (κ2) is 7.09. The summed E-state index contributed by atoms with van der Waals surface area (Å²) in [7, 11) is 1.81. The number of H-pyrrole nitrogens is 1. The molecule has 2 heterocycles. The molecule has 1 aliphatic rings. The molecular formula is C21H23ClN4O2. The first-order valence-corrected chi connectivity index (χ1v) is 9.86. The minimum atomic E-state index is -0.154. The Morgan fingerprint density at radius 3 is 2.96 bits per heavy atom. The fourth-order valence-electron chi connectivity index (χ4n) is 4.32. The molecule has 0 bridgehead atoms. The van der Waals surface area contributed by atoms with E-state index in [0.29, 0.717) is 17.6 Å². The van der Waals surface area contributed by atoms with Crippen molar-refractivity contribution in [1.82, 2.24) is 20.1 Å². The highest BCUT2D eigenvalue weighted by Crippen LogP contribution is 2.35. The minimum absolute atomic E-state index is 0.0105. The maximum Gasteiger partial charge on any atom is 0.253 e. The van der Waals surface area contributed by atoms with Crippen molar-refractivity contribution in [2.24, 2.45) is 7.05 Å². The fraction of sp³-hybridized carbons (Fsp3) is 0.381. The van der Waals surface area contributed by atoms with E-state index in [1.807, 2.05) is 39.1 Å². The summed E-state index contributed by atoms with van der Waals surface area (Å²) in [4.78, 5) is 28.0. The number of aryl methyl sites for hydroxylation is 3. The number of rotatable bonds is 4. The number of pyridine rings is 1. The molecule has 0 spiro atoms. The molecule has 4 rings (SSSR count). The number of aromatic amines is 1. The molecule has 7 heteroatoms. The van der Waals surface area contributed by atoms with E-state index < -0.39 is 0 Å². The van der Waals surface area contributed by atoms with Gasteiger partial charge in [-0.25, -0.2) is 0 Å². The first kappa shape index (κ1) is 18.7. The highest BCUT2D eigenvalue weighted by Gasteiger charge is 2.25. The summed E-state index contributed by atoms with van der Waals surface area (Å²) >= 11 is 6.25. The predicted molar refractivity (Wildman–Crippen MR) is 110 cm³/mol. The molecule has 1 aliphatic carbocycles. The van der Waals surface area contributed by atoms with Crippen molar-refractivity contribution in [3.63, 3.8) is 0 Å². The highest BCUT2D eigenvalue weighted by molar-refractivity contribution is 6.31. The Bertz CT molecular complexity index is 1150. The number of nitrogens with zero attached hydrogens (tertiary/aromatic N) is 2. The molecule has 0 saturated carbocycles. The van der Waals surface area contributed by atoms with Crippen LogP contribution in [0.5, 0.6) is 0 Å². The van der Waals surface area contributed by atoms with Crippen LogP contribution in [0, 0.1) is 13.8 Å². The van der Waals surface area contributed by atoms with Crippen LogP contribution in [0.15, 0.2) is 23.0 Å². The van der Waals surface area contributed by atoms with Gasteiger partial charge in [-0.05, 0) is 55.9 Å². The maximum atomic E-state index is 12.6. The summed E-state index contributed by atoms with van der Waals surface area (Å²) in [6.45, 7) is 3.85. The summed E-state index contributed by atoms with van der Waals surface area (Å²) in [5.74, 6) is -0.0559. The van der Waals surface area contributed by atoms with Crippen LogP contribution in [0.25, 0.3) is 11.0 Å². The minimum Gasteiger partial charge on any atom is -0.349 e. The van der Waals surface area contributed by atoms with Gasteiger partial charge in [0.2, 0.25) is 5.91 Å². The van der Waals surface area contributed by atoms with Crippen molar-refractivity contribution in [2.75, 3.05) is 0 Å². The van der Waals surface area contributed by atoms with Crippen LogP contribution in [0.4, 0.5) is 0 Å². The van der Waals surface area contributed by atoms with Crippen molar-refractivity contribution in [3.8, 4) is 0 Å². The van der Waals surface area contributed by atoms with Gasteiger partial charge in [0, 0.05) is 29.4 Å². The van der Waals surface area contributed by atoms with Gasteiger partial charge in [0.25, 0.3) is 5.56 Å². The summed E-state index contributed by atoms with van der Waals surface area (Å²) in [6, 6.07) is 5.81. The largest absolute Gasteiger partial charge is 0.349 e. The number of aromatic nitrogens is 3. The number of amides is 1. The number of benzene rings is 1. The van der Waals surface area contributed by atoms with Gasteiger partial charge in [-0.15, -0.1) is 0 Å². The topological polar surface area (TPSA) is 79.8 Å². The number of carbonyl (C=O) groups excluding carboxylic acids is 1. The number of halogens is 1. The van der Waals surface area contributed by atoms with E-state index in [1.54, 1.807) is 4.68 Å². The molecule has 0 fully saturated rings. The Kier molecular flexibility index (Phi) is 4.75. The Morgan fingerprint density at radius 1 is 1.39 bits per heavy atom. The lowest BCUT2D eigenvalue weighted by Gasteiger charge is -2.14. The van der Waals surface area contributed by atoms with Gasteiger partial charge in [-0.2, -0.15) is 5.10 Å². The normalized spacial score (nSPS) is 15.8. The quantitative estimate of drug-likeness (QED) is 0.707. The number of nitrogens with one attached hydrogen (secondary N) is 2. The van der Waals surface area contributed by atoms with Crippen molar-refractivity contribution in [1.29, 1.82) is 0 Å². The monoisotopic (exact) mass is 398 g/mol. The van der Waals surface area contributed by atoms with E-state index in [2.05, 4.69) is 15.4 Å². The molecule has 6 nitrogen and oxygen atoms in total. The summed E-state index contributed by atoms with van der Waals surface area (Å²) in [5.41, 5.74) is 5.20. The molecule has 2 N–H and O–H groups in total. The number of hydrogen-bond donors (Lipinski definition) is 2. The number of carbonyl (C=O) groups is 1. The van der Waals surface area contributed by atoms with Gasteiger partial charge in [-0.3, -0.25) is 14.3 Å². The Labute approximate surface area is 167 Å². The zero-order chi connectivity index (χ0) is 20.0. The Morgan fingerprint density at radius 2 is 2.18 bits per heavy atom. The molecule has 0 aliphatic heterocycles. The fourth-order valence-corrected chi connectivity index (χ4v) is 4.60. The molecule has 0 radical (unpaired) electrons. The highest BCUT2D eigenvalue weighted by atomic mass is 35.5. The van der Waals surface area contributed by atoms with Gasteiger partial charge in [0.15, 0.2) is 0 Å². The molecule has 1 atom stereocenters. The second-order valence-electron chi connectivity index (χ2n) is 7.46. The standard InChI is InChI=1S/C21H23ClN4O2/c1-11-13(21(28)24-20-19(11)12(2)25-26(20)3)8-10-18(27)23-17-9-7-14-15(17)5-4-6-16(14)22/h4-6,17H,7-10H2,1-3H3,(H,23,27)(H,24,28)/t17-/m0/s1. The van der Waals surface area contributed by atoms with Gasteiger partial charge in [0.1, 0.15) is 5.65 Å². The van der Waals surface area contributed by atoms with Crippen LogP contribution in [0.3, 0.4) is 0 Å². The van der Waals surface area contributed by atoms with Crippen molar-refractivity contribution >= 4 is 28.5 Å². The van der Waals surface area contributed by atoms with E-state index in [-0.39, 0.29) is 23.9 Å². The Balaban J connectivity index is 1.50.